The van der Waals surface area contributed by atoms with Gasteiger partial charge in [0.2, 0.25) is 5.91 Å². The maximum absolute atomic E-state index is 13.1. The van der Waals surface area contributed by atoms with Crippen LogP contribution in [-0.4, -0.2) is 34.2 Å². The molecule has 0 saturated carbocycles. The van der Waals surface area contributed by atoms with E-state index in [9.17, 15) is 18.4 Å². The molecule has 9 heteroatoms. The lowest BCUT2D eigenvalue weighted by Crippen LogP contribution is -2.40. The van der Waals surface area contributed by atoms with E-state index in [2.05, 4.69) is 20.6 Å². The number of hydrogen-bond donors (Lipinski definition) is 3. The number of thioether (sulfide) groups is 1. The van der Waals surface area contributed by atoms with Gasteiger partial charge in [-0.1, -0.05) is 18.7 Å². The summed E-state index contributed by atoms with van der Waals surface area (Å²) < 4.78 is 26.2. The Labute approximate surface area is 129 Å². The highest BCUT2D eigenvalue weighted by molar-refractivity contribution is 7.99. The SMILES string of the molecule is CCCNC(=O)NC(=O)CSc1nc2cc(F)c(F)cc2[nH]1. The van der Waals surface area contributed by atoms with Crippen molar-refractivity contribution in [2.45, 2.75) is 18.5 Å². The van der Waals surface area contributed by atoms with Crippen molar-refractivity contribution >= 4 is 34.7 Å². The summed E-state index contributed by atoms with van der Waals surface area (Å²) in [5.41, 5.74) is 0.602. The first-order chi connectivity index (χ1) is 10.5. The number of halogens is 2. The highest BCUT2D eigenvalue weighted by atomic mass is 32.2. The second-order valence-electron chi connectivity index (χ2n) is 4.42. The van der Waals surface area contributed by atoms with E-state index in [1.807, 2.05) is 6.92 Å². The van der Waals surface area contributed by atoms with E-state index in [1.54, 1.807) is 0 Å². The molecule has 1 aromatic carbocycles. The highest BCUT2D eigenvalue weighted by Gasteiger charge is 2.12. The number of hydrogen-bond acceptors (Lipinski definition) is 4. The van der Waals surface area contributed by atoms with Crippen molar-refractivity contribution in [2.75, 3.05) is 12.3 Å². The Morgan fingerprint density at radius 3 is 2.77 bits per heavy atom. The average Bonchev–Trinajstić information content (AvgIpc) is 2.85. The lowest BCUT2D eigenvalue weighted by Gasteiger charge is -2.04. The number of urea groups is 1. The maximum atomic E-state index is 13.1. The predicted octanol–water partition coefficient (Wildman–Crippen LogP) is 2.17. The Morgan fingerprint density at radius 1 is 1.32 bits per heavy atom. The number of rotatable bonds is 5. The molecule has 0 atom stereocenters. The van der Waals surface area contributed by atoms with Crippen LogP contribution in [0.5, 0.6) is 0 Å². The molecule has 3 amide bonds. The molecule has 2 aromatic rings. The molecule has 1 heterocycles. The number of imidazole rings is 1. The molecule has 2 rings (SSSR count). The summed E-state index contributed by atoms with van der Waals surface area (Å²) in [5.74, 6) is -2.50. The van der Waals surface area contributed by atoms with Gasteiger partial charge in [-0.05, 0) is 6.42 Å². The zero-order valence-electron chi connectivity index (χ0n) is 11.7. The minimum Gasteiger partial charge on any atom is -0.338 e. The molecule has 3 N–H and O–H groups in total. The number of aromatic nitrogens is 2. The van der Waals surface area contributed by atoms with E-state index in [0.717, 1.165) is 30.3 Å². The minimum atomic E-state index is -0.985. The summed E-state index contributed by atoms with van der Waals surface area (Å²) in [4.78, 5) is 29.6. The second-order valence-corrected chi connectivity index (χ2v) is 5.38. The molecule has 22 heavy (non-hydrogen) atoms. The number of nitrogens with zero attached hydrogens (tertiary/aromatic N) is 1. The summed E-state index contributed by atoms with van der Waals surface area (Å²) in [6, 6.07) is 1.42. The van der Waals surface area contributed by atoms with Gasteiger partial charge in [-0.2, -0.15) is 0 Å². The maximum Gasteiger partial charge on any atom is 0.321 e. The number of aromatic amines is 1. The standard InChI is InChI=1S/C13H14F2N4O2S/c1-2-3-16-12(21)19-11(20)6-22-13-17-9-4-7(14)8(15)5-10(9)18-13/h4-5H,2-3,6H2,1H3,(H,17,18)(H2,16,19,20,21). The summed E-state index contributed by atoms with van der Waals surface area (Å²) in [7, 11) is 0. The van der Waals surface area contributed by atoms with Crippen LogP contribution in [0.1, 0.15) is 13.3 Å². The van der Waals surface area contributed by atoms with Crippen molar-refractivity contribution in [1.29, 1.82) is 0 Å². The molecule has 1 aromatic heterocycles. The van der Waals surface area contributed by atoms with Crippen LogP contribution in [-0.2, 0) is 4.79 Å². The average molecular weight is 328 g/mol. The van der Waals surface area contributed by atoms with E-state index < -0.39 is 23.6 Å². The topological polar surface area (TPSA) is 86.9 Å². The van der Waals surface area contributed by atoms with Crippen molar-refractivity contribution in [3.8, 4) is 0 Å². The van der Waals surface area contributed by atoms with Crippen molar-refractivity contribution < 1.29 is 18.4 Å². The van der Waals surface area contributed by atoms with Gasteiger partial charge in [0.25, 0.3) is 0 Å². The fourth-order valence-electron chi connectivity index (χ4n) is 1.63. The van der Waals surface area contributed by atoms with E-state index in [-0.39, 0.29) is 11.3 Å². The molecule has 0 radical (unpaired) electrons. The van der Waals surface area contributed by atoms with Gasteiger partial charge in [0, 0.05) is 18.7 Å². The monoisotopic (exact) mass is 328 g/mol. The Bertz CT molecular complexity index is 666. The molecule has 0 spiro atoms. The third kappa shape index (κ3) is 4.17. The number of benzene rings is 1. The van der Waals surface area contributed by atoms with Gasteiger partial charge >= 0.3 is 6.03 Å². The fraction of sp³-hybridized carbons (Fsp3) is 0.308. The van der Waals surface area contributed by atoms with Gasteiger partial charge in [0.15, 0.2) is 16.8 Å². The Morgan fingerprint density at radius 2 is 2.05 bits per heavy atom. The number of carbonyl (C=O) groups excluding carboxylic acids is 2. The van der Waals surface area contributed by atoms with Gasteiger partial charge in [-0.25, -0.2) is 18.6 Å². The zero-order valence-corrected chi connectivity index (χ0v) is 12.5. The van der Waals surface area contributed by atoms with Crippen LogP contribution < -0.4 is 10.6 Å². The molecule has 0 aliphatic heterocycles. The molecule has 0 unspecified atom stereocenters. The van der Waals surface area contributed by atoms with Gasteiger partial charge in [-0.15, -0.1) is 0 Å². The van der Waals surface area contributed by atoms with Crippen LogP contribution in [0.3, 0.4) is 0 Å². The molecule has 0 saturated heterocycles. The Kier molecular flexibility index (Phi) is 5.31. The first-order valence-electron chi connectivity index (χ1n) is 6.55. The van der Waals surface area contributed by atoms with Gasteiger partial charge in [0.1, 0.15) is 0 Å². The number of fused-ring (bicyclic) bond motifs is 1. The third-order valence-electron chi connectivity index (χ3n) is 2.63. The Hall–Kier alpha value is -2.16. The third-order valence-corrected chi connectivity index (χ3v) is 3.50. The van der Waals surface area contributed by atoms with E-state index in [1.165, 1.54) is 0 Å². The predicted molar refractivity (Wildman–Crippen MR) is 78.6 cm³/mol. The normalized spacial score (nSPS) is 10.7. The van der Waals surface area contributed by atoms with Gasteiger partial charge in [-0.3, -0.25) is 10.1 Å². The quantitative estimate of drug-likeness (QED) is 0.734. The van der Waals surface area contributed by atoms with E-state index >= 15 is 0 Å². The molecule has 0 aliphatic rings. The summed E-state index contributed by atoms with van der Waals surface area (Å²) in [6.07, 6.45) is 0.766. The van der Waals surface area contributed by atoms with Crippen LogP contribution in [0.4, 0.5) is 13.6 Å². The van der Waals surface area contributed by atoms with Gasteiger partial charge in [0.05, 0.1) is 16.8 Å². The molecule has 6 nitrogen and oxygen atoms in total. The molecule has 0 bridgehead atoms. The van der Waals surface area contributed by atoms with Crippen LogP contribution in [0.2, 0.25) is 0 Å². The smallest absolute Gasteiger partial charge is 0.321 e. The lowest BCUT2D eigenvalue weighted by atomic mass is 10.3. The van der Waals surface area contributed by atoms with Crippen molar-refractivity contribution in [3.05, 3.63) is 23.8 Å². The highest BCUT2D eigenvalue weighted by Crippen LogP contribution is 2.21. The fourth-order valence-corrected chi connectivity index (χ4v) is 2.31. The number of imide groups is 1. The molecular weight excluding hydrogens is 314 g/mol. The first kappa shape index (κ1) is 16.2. The Balaban J connectivity index is 1.91. The molecular formula is C13H14F2N4O2S. The first-order valence-corrected chi connectivity index (χ1v) is 7.53. The molecule has 0 aliphatic carbocycles. The van der Waals surface area contributed by atoms with Crippen molar-refractivity contribution in [1.82, 2.24) is 20.6 Å². The van der Waals surface area contributed by atoms with Gasteiger partial charge < -0.3 is 10.3 Å². The van der Waals surface area contributed by atoms with Crippen LogP contribution in [0.25, 0.3) is 11.0 Å². The molecule has 118 valence electrons. The molecule has 0 fully saturated rings. The van der Waals surface area contributed by atoms with Crippen molar-refractivity contribution in [3.63, 3.8) is 0 Å². The number of nitrogens with one attached hydrogen (secondary N) is 3. The lowest BCUT2D eigenvalue weighted by molar-refractivity contribution is -0.117. The zero-order chi connectivity index (χ0) is 16.1. The number of amides is 3. The van der Waals surface area contributed by atoms with E-state index in [4.69, 9.17) is 0 Å². The largest absolute Gasteiger partial charge is 0.338 e. The van der Waals surface area contributed by atoms with E-state index in [0.29, 0.717) is 17.2 Å². The summed E-state index contributed by atoms with van der Waals surface area (Å²) in [5, 5.41) is 5.01. The minimum absolute atomic E-state index is 0.0513. The summed E-state index contributed by atoms with van der Waals surface area (Å²) >= 11 is 1.03. The summed E-state index contributed by atoms with van der Waals surface area (Å²) in [6.45, 7) is 2.37. The van der Waals surface area contributed by atoms with Crippen LogP contribution in [0.15, 0.2) is 17.3 Å². The van der Waals surface area contributed by atoms with Crippen molar-refractivity contribution in [2.24, 2.45) is 0 Å². The van der Waals surface area contributed by atoms with Crippen LogP contribution in [0, 0.1) is 11.6 Å². The number of H-pyrrole nitrogens is 1. The van der Waals surface area contributed by atoms with Crippen LogP contribution >= 0.6 is 11.8 Å². The number of carbonyl (C=O) groups is 2. The second kappa shape index (κ2) is 7.21.